The van der Waals surface area contributed by atoms with Gasteiger partial charge < -0.3 is 4.42 Å². The normalized spacial score (nSPS) is 11.2. The van der Waals surface area contributed by atoms with E-state index in [9.17, 15) is 4.79 Å². The number of benzene rings is 3. The van der Waals surface area contributed by atoms with Crippen LogP contribution in [0.1, 0.15) is 5.76 Å². The van der Waals surface area contributed by atoms with Crippen molar-refractivity contribution in [2.45, 2.75) is 0 Å². The minimum atomic E-state index is -0.253. The van der Waals surface area contributed by atoms with Crippen LogP contribution in [-0.2, 0) is 4.79 Å². The summed E-state index contributed by atoms with van der Waals surface area (Å²) in [6.45, 7) is 0. The predicted octanol–water partition coefficient (Wildman–Crippen LogP) is 6.88. The number of nitrogens with zero attached hydrogens (tertiary/aromatic N) is 1. The smallest absolute Gasteiger partial charge is 0.250 e. The molecule has 5 aromatic rings. The lowest BCUT2D eigenvalue weighted by atomic mass is 10.0. The zero-order chi connectivity index (χ0) is 21.0. The van der Waals surface area contributed by atoms with Crippen molar-refractivity contribution in [3.8, 4) is 22.6 Å². The van der Waals surface area contributed by atoms with E-state index in [1.165, 1.54) is 17.4 Å². The molecule has 150 valence electrons. The van der Waals surface area contributed by atoms with Gasteiger partial charge in [-0.3, -0.25) is 10.1 Å². The van der Waals surface area contributed by atoms with E-state index in [4.69, 9.17) is 4.42 Å². The zero-order valence-electron chi connectivity index (χ0n) is 16.5. The van der Waals surface area contributed by atoms with E-state index < -0.39 is 0 Å². The maximum Gasteiger partial charge on any atom is 0.250 e. The molecule has 0 aliphatic heterocycles. The largest absolute Gasteiger partial charge is 0.457 e. The summed E-state index contributed by atoms with van der Waals surface area (Å²) in [6.07, 6.45) is 3.10. The number of amides is 1. The van der Waals surface area contributed by atoms with E-state index in [-0.39, 0.29) is 5.91 Å². The molecule has 0 aliphatic carbocycles. The summed E-state index contributed by atoms with van der Waals surface area (Å²) in [5.74, 6) is 1.13. The molecule has 0 unspecified atom stereocenters. The fourth-order valence-electron chi connectivity index (χ4n) is 3.41. The van der Waals surface area contributed by atoms with E-state index in [0.29, 0.717) is 10.9 Å². The monoisotopic (exact) mass is 422 g/mol. The fourth-order valence-corrected chi connectivity index (χ4v) is 4.12. The molecule has 0 aliphatic rings. The van der Waals surface area contributed by atoms with Gasteiger partial charge in [-0.1, -0.05) is 72.8 Å². The van der Waals surface area contributed by atoms with E-state index in [2.05, 4.69) is 28.5 Å². The first-order valence-corrected chi connectivity index (χ1v) is 10.7. The molecule has 0 radical (unpaired) electrons. The number of nitrogens with one attached hydrogen (secondary N) is 1. The second kappa shape index (κ2) is 8.42. The quantitative estimate of drug-likeness (QED) is 0.314. The number of rotatable bonds is 5. The van der Waals surface area contributed by atoms with Gasteiger partial charge in [0.2, 0.25) is 5.91 Å². The van der Waals surface area contributed by atoms with Gasteiger partial charge in [0.15, 0.2) is 5.13 Å². The first-order chi connectivity index (χ1) is 15.3. The third-order valence-electron chi connectivity index (χ3n) is 4.88. The molecule has 2 aromatic heterocycles. The van der Waals surface area contributed by atoms with Gasteiger partial charge in [0.1, 0.15) is 11.5 Å². The maximum absolute atomic E-state index is 12.3. The SMILES string of the molecule is O=C(/C=C/c1ccc(-c2ccccc2)o1)Nc1nc(-c2cccc3ccccc23)cs1. The first kappa shape index (κ1) is 19.0. The summed E-state index contributed by atoms with van der Waals surface area (Å²) in [4.78, 5) is 16.9. The number of carbonyl (C=O) groups is 1. The molecule has 0 atom stereocenters. The molecule has 4 nitrogen and oxygen atoms in total. The predicted molar refractivity (Wildman–Crippen MR) is 127 cm³/mol. The molecule has 3 aromatic carbocycles. The van der Waals surface area contributed by atoms with E-state index >= 15 is 0 Å². The molecule has 5 heteroatoms. The Kier molecular flexibility index (Phi) is 5.17. The number of fused-ring (bicyclic) bond motifs is 1. The Bertz CT molecular complexity index is 1380. The standard InChI is InChI=1S/C26H18N2O2S/c29-25(16-14-20-13-15-24(30-20)19-8-2-1-3-9-19)28-26-27-23(17-31-26)22-12-6-10-18-7-4-5-11-21(18)22/h1-17H,(H,27,28,29)/b16-14+. The van der Waals surface area contributed by atoms with Gasteiger partial charge in [-0.2, -0.15) is 0 Å². The van der Waals surface area contributed by atoms with Crippen LogP contribution >= 0.6 is 11.3 Å². The molecular formula is C26H18N2O2S. The van der Waals surface area contributed by atoms with Crippen molar-refractivity contribution in [3.63, 3.8) is 0 Å². The fraction of sp³-hybridized carbons (Fsp3) is 0. The summed E-state index contributed by atoms with van der Waals surface area (Å²) in [5, 5.41) is 7.65. The summed E-state index contributed by atoms with van der Waals surface area (Å²) in [6, 6.07) is 27.9. The second-order valence-corrected chi connectivity index (χ2v) is 7.81. The lowest BCUT2D eigenvalue weighted by Crippen LogP contribution is -2.07. The highest BCUT2D eigenvalue weighted by molar-refractivity contribution is 7.14. The third kappa shape index (κ3) is 4.17. The number of carbonyl (C=O) groups excluding carboxylic acids is 1. The zero-order valence-corrected chi connectivity index (χ0v) is 17.3. The van der Waals surface area contributed by atoms with Crippen LogP contribution in [0.2, 0.25) is 0 Å². The second-order valence-electron chi connectivity index (χ2n) is 6.96. The Morgan fingerprint density at radius 1 is 0.903 bits per heavy atom. The van der Waals surface area contributed by atoms with Crippen molar-refractivity contribution in [1.82, 2.24) is 4.98 Å². The molecule has 0 saturated heterocycles. The van der Waals surface area contributed by atoms with Gasteiger partial charge in [-0.15, -0.1) is 11.3 Å². The van der Waals surface area contributed by atoms with Crippen LogP contribution in [0.25, 0.3) is 39.4 Å². The average Bonchev–Trinajstić information content (AvgIpc) is 3.48. The van der Waals surface area contributed by atoms with Crippen molar-refractivity contribution in [2.24, 2.45) is 0 Å². The van der Waals surface area contributed by atoms with Crippen LogP contribution in [-0.4, -0.2) is 10.9 Å². The molecule has 0 bridgehead atoms. The van der Waals surface area contributed by atoms with Gasteiger partial charge >= 0.3 is 0 Å². The minimum absolute atomic E-state index is 0.253. The molecule has 1 amide bonds. The highest BCUT2D eigenvalue weighted by Crippen LogP contribution is 2.31. The number of furan rings is 1. The highest BCUT2D eigenvalue weighted by Gasteiger charge is 2.09. The van der Waals surface area contributed by atoms with Gasteiger partial charge in [0.25, 0.3) is 0 Å². The van der Waals surface area contributed by atoms with Gasteiger partial charge in [-0.25, -0.2) is 4.98 Å². The molecule has 5 rings (SSSR count). The van der Waals surface area contributed by atoms with Gasteiger partial charge in [0.05, 0.1) is 5.69 Å². The third-order valence-corrected chi connectivity index (χ3v) is 5.64. The van der Waals surface area contributed by atoms with Crippen molar-refractivity contribution >= 4 is 39.2 Å². The van der Waals surface area contributed by atoms with Crippen LogP contribution < -0.4 is 5.32 Å². The molecule has 1 N–H and O–H groups in total. The van der Waals surface area contributed by atoms with E-state index in [1.807, 2.05) is 72.1 Å². The number of hydrogen-bond acceptors (Lipinski definition) is 4. The summed E-state index contributed by atoms with van der Waals surface area (Å²) in [7, 11) is 0. The molecule has 0 fully saturated rings. The van der Waals surface area contributed by atoms with E-state index in [1.54, 1.807) is 6.08 Å². The van der Waals surface area contributed by atoms with Crippen molar-refractivity contribution in [1.29, 1.82) is 0 Å². The van der Waals surface area contributed by atoms with Crippen molar-refractivity contribution in [3.05, 3.63) is 102 Å². The van der Waals surface area contributed by atoms with Crippen LogP contribution in [0.5, 0.6) is 0 Å². The number of aromatic nitrogens is 1. The van der Waals surface area contributed by atoms with E-state index in [0.717, 1.165) is 33.4 Å². The molecule has 0 spiro atoms. The summed E-state index contributed by atoms with van der Waals surface area (Å²) >= 11 is 1.40. The van der Waals surface area contributed by atoms with Gasteiger partial charge in [-0.05, 0) is 29.0 Å². The van der Waals surface area contributed by atoms with Crippen molar-refractivity contribution in [2.75, 3.05) is 5.32 Å². The Balaban J connectivity index is 1.29. The van der Waals surface area contributed by atoms with Gasteiger partial charge in [0, 0.05) is 22.6 Å². The lowest BCUT2D eigenvalue weighted by molar-refractivity contribution is -0.111. The molecule has 0 saturated carbocycles. The van der Waals surface area contributed by atoms with Crippen LogP contribution in [0.15, 0.2) is 101 Å². The van der Waals surface area contributed by atoms with Crippen LogP contribution in [0.3, 0.4) is 0 Å². The summed E-state index contributed by atoms with van der Waals surface area (Å²) < 4.78 is 5.79. The maximum atomic E-state index is 12.3. The Morgan fingerprint density at radius 3 is 2.61 bits per heavy atom. The number of hydrogen-bond donors (Lipinski definition) is 1. The molecular weight excluding hydrogens is 404 g/mol. The lowest BCUT2D eigenvalue weighted by Gasteiger charge is -2.03. The Labute approximate surface area is 183 Å². The Hall–Kier alpha value is -3.96. The highest BCUT2D eigenvalue weighted by atomic mass is 32.1. The van der Waals surface area contributed by atoms with Crippen molar-refractivity contribution < 1.29 is 9.21 Å². The first-order valence-electron chi connectivity index (χ1n) is 9.84. The van der Waals surface area contributed by atoms with Crippen LogP contribution in [0, 0.1) is 0 Å². The average molecular weight is 423 g/mol. The number of thiazole rings is 1. The Morgan fingerprint density at radius 2 is 1.71 bits per heavy atom. The minimum Gasteiger partial charge on any atom is -0.457 e. The topological polar surface area (TPSA) is 55.1 Å². The number of anilines is 1. The molecule has 31 heavy (non-hydrogen) atoms. The summed E-state index contributed by atoms with van der Waals surface area (Å²) in [5.41, 5.74) is 2.89. The van der Waals surface area contributed by atoms with Crippen LogP contribution in [0.4, 0.5) is 5.13 Å². The molecule has 2 heterocycles.